The molecule has 1 fully saturated rings. The predicted molar refractivity (Wildman–Crippen MR) is 105 cm³/mol. The highest BCUT2D eigenvalue weighted by molar-refractivity contribution is 5.79. The number of likely N-dealkylation sites (tertiary alicyclic amines) is 1. The molecule has 6 nitrogen and oxygen atoms in total. The maximum absolute atomic E-state index is 12.5. The fourth-order valence-corrected chi connectivity index (χ4v) is 3.50. The van der Waals surface area contributed by atoms with Gasteiger partial charge in [-0.15, -0.1) is 0 Å². The monoisotopic (exact) mass is 377 g/mol. The van der Waals surface area contributed by atoms with Crippen LogP contribution in [0, 0.1) is 6.92 Å². The normalized spacial score (nSPS) is 16.6. The molecule has 1 unspecified atom stereocenters. The molecule has 144 valence electrons. The quantitative estimate of drug-likeness (QED) is 0.650. The molecule has 1 aliphatic rings. The lowest BCUT2D eigenvalue weighted by Crippen LogP contribution is -2.24. The molecular weight excluding hydrogens is 354 g/mol. The van der Waals surface area contributed by atoms with Crippen molar-refractivity contribution >= 4 is 5.91 Å². The van der Waals surface area contributed by atoms with Gasteiger partial charge in [-0.3, -0.25) is 4.79 Å². The van der Waals surface area contributed by atoms with E-state index in [-0.39, 0.29) is 11.8 Å². The van der Waals surface area contributed by atoms with Crippen molar-refractivity contribution in [3.05, 3.63) is 65.5 Å². The Hall–Kier alpha value is -3.15. The Labute approximate surface area is 164 Å². The van der Waals surface area contributed by atoms with Gasteiger partial charge in [0.2, 0.25) is 5.91 Å². The van der Waals surface area contributed by atoms with Crippen LogP contribution in [-0.4, -0.2) is 34.1 Å². The summed E-state index contributed by atoms with van der Waals surface area (Å²) in [6, 6.07) is 15.8. The molecule has 3 aromatic rings. The highest BCUT2D eigenvalue weighted by Crippen LogP contribution is 2.30. The first-order chi connectivity index (χ1) is 13.6. The van der Waals surface area contributed by atoms with Gasteiger partial charge >= 0.3 is 0 Å². The molecule has 28 heavy (non-hydrogen) atoms. The van der Waals surface area contributed by atoms with Crippen LogP contribution >= 0.6 is 0 Å². The highest BCUT2D eigenvalue weighted by atomic mass is 16.5. The first-order valence-corrected chi connectivity index (χ1v) is 9.53. The number of hydrogen-bond donors (Lipinski definition) is 0. The Morgan fingerprint density at radius 2 is 1.96 bits per heavy atom. The molecule has 0 bridgehead atoms. The van der Waals surface area contributed by atoms with Gasteiger partial charge in [-0.2, -0.15) is 4.98 Å². The molecule has 1 saturated heterocycles. The van der Waals surface area contributed by atoms with E-state index in [1.807, 2.05) is 67.3 Å². The Balaban J connectivity index is 1.44. The molecule has 6 heteroatoms. The van der Waals surface area contributed by atoms with Crippen LogP contribution in [0.1, 0.15) is 36.2 Å². The topological polar surface area (TPSA) is 68.5 Å². The molecule has 1 amide bonds. The average Bonchev–Trinajstić information content (AvgIpc) is 3.31. The summed E-state index contributed by atoms with van der Waals surface area (Å²) in [6.45, 7) is 5.78. The summed E-state index contributed by atoms with van der Waals surface area (Å²) < 4.78 is 10.9. The SMILES string of the molecule is CCOc1ccc(CN2CC(c3noc(-c4ccccc4C)n3)CC2=O)cc1. The van der Waals surface area contributed by atoms with E-state index in [0.29, 0.717) is 37.8 Å². The number of amides is 1. The number of hydrogen-bond acceptors (Lipinski definition) is 5. The molecule has 2 aromatic carbocycles. The van der Waals surface area contributed by atoms with Crippen LogP contribution in [0.3, 0.4) is 0 Å². The fraction of sp³-hybridized carbons (Fsp3) is 0.318. The molecule has 0 saturated carbocycles. The molecule has 0 N–H and O–H groups in total. The molecule has 1 aliphatic heterocycles. The van der Waals surface area contributed by atoms with Crippen LogP contribution in [0.2, 0.25) is 0 Å². The second-order valence-electron chi connectivity index (χ2n) is 7.02. The number of aromatic nitrogens is 2. The Kier molecular flexibility index (Phi) is 5.10. The zero-order chi connectivity index (χ0) is 19.5. The summed E-state index contributed by atoms with van der Waals surface area (Å²) in [6.07, 6.45) is 0.407. The van der Waals surface area contributed by atoms with E-state index < -0.39 is 0 Å². The van der Waals surface area contributed by atoms with Gasteiger partial charge in [0.15, 0.2) is 5.82 Å². The third kappa shape index (κ3) is 3.76. The van der Waals surface area contributed by atoms with E-state index in [1.54, 1.807) is 0 Å². The van der Waals surface area contributed by atoms with Crippen molar-refractivity contribution in [2.24, 2.45) is 0 Å². The largest absolute Gasteiger partial charge is 0.494 e. The molecule has 0 spiro atoms. The van der Waals surface area contributed by atoms with Crippen LogP contribution in [-0.2, 0) is 11.3 Å². The summed E-state index contributed by atoms with van der Waals surface area (Å²) in [7, 11) is 0. The van der Waals surface area contributed by atoms with Crippen molar-refractivity contribution in [1.29, 1.82) is 0 Å². The molecule has 2 heterocycles. The number of carbonyl (C=O) groups is 1. The van der Waals surface area contributed by atoms with E-state index >= 15 is 0 Å². The van der Waals surface area contributed by atoms with E-state index in [9.17, 15) is 4.79 Å². The van der Waals surface area contributed by atoms with Crippen molar-refractivity contribution in [1.82, 2.24) is 15.0 Å². The van der Waals surface area contributed by atoms with Crippen molar-refractivity contribution in [3.8, 4) is 17.2 Å². The van der Waals surface area contributed by atoms with Crippen molar-refractivity contribution < 1.29 is 14.1 Å². The first-order valence-electron chi connectivity index (χ1n) is 9.53. The van der Waals surface area contributed by atoms with Gasteiger partial charge < -0.3 is 14.2 Å². The van der Waals surface area contributed by atoms with Gasteiger partial charge in [-0.05, 0) is 43.2 Å². The number of nitrogens with zero attached hydrogens (tertiary/aromatic N) is 3. The molecular formula is C22H23N3O3. The second-order valence-corrected chi connectivity index (χ2v) is 7.02. The van der Waals surface area contributed by atoms with Gasteiger partial charge in [0, 0.05) is 31.0 Å². The molecule has 1 aromatic heterocycles. The van der Waals surface area contributed by atoms with Gasteiger partial charge in [0.1, 0.15) is 5.75 Å². The van der Waals surface area contributed by atoms with E-state index in [1.165, 1.54) is 0 Å². The number of rotatable bonds is 6. The van der Waals surface area contributed by atoms with Gasteiger partial charge in [0.05, 0.1) is 6.61 Å². The average molecular weight is 377 g/mol. The first kappa shape index (κ1) is 18.2. The van der Waals surface area contributed by atoms with Crippen molar-refractivity contribution in [2.75, 3.05) is 13.2 Å². The minimum absolute atomic E-state index is 0.0447. The smallest absolute Gasteiger partial charge is 0.258 e. The highest BCUT2D eigenvalue weighted by Gasteiger charge is 2.33. The van der Waals surface area contributed by atoms with Crippen molar-refractivity contribution in [3.63, 3.8) is 0 Å². The number of ether oxygens (including phenoxy) is 1. The van der Waals surface area contributed by atoms with Gasteiger partial charge in [0.25, 0.3) is 5.89 Å². The minimum atomic E-state index is -0.0447. The number of aryl methyl sites for hydroxylation is 1. The standard InChI is InChI=1S/C22H23N3O3/c1-3-27-18-10-8-16(9-11-18)13-25-14-17(12-20(25)26)21-23-22(28-24-21)19-7-5-4-6-15(19)2/h4-11,17H,3,12-14H2,1-2H3. The summed E-state index contributed by atoms with van der Waals surface area (Å²) >= 11 is 0. The third-order valence-corrected chi connectivity index (χ3v) is 5.00. The molecule has 0 radical (unpaired) electrons. The summed E-state index contributed by atoms with van der Waals surface area (Å²) in [5.74, 6) is 2.01. The molecule has 0 aliphatic carbocycles. The fourth-order valence-electron chi connectivity index (χ4n) is 3.50. The Morgan fingerprint density at radius 1 is 1.18 bits per heavy atom. The van der Waals surface area contributed by atoms with Crippen LogP contribution < -0.4 is 4.74 Å². The Bertz CT molecular complexity index is 965. The molecule has 4 rings (SSSR count). The number of carbonyl (C=O) groups excluding carboxylic acids is 1. The van der Waals surface area contributed by atoms with E-state index in [4.69, 9.17) is 9.26 Å². The van der Waals surface area contributed by atoms with Gasteiger partial charge in [-0.1, -0.05) is 35.5 Å². The lowest BCUT2D eigenvalue weighted by molar-refractivity contribution is -0.128. The summed E-state index contributed by atoms with van der Waals surface area (Å²) in [4.78, 5) is 18.9. The zero-order valence-corrected chi connectivity index (χ0v) is 16.1. The van der Waals surface area contributed by atoms with Crippen molar-refractivity contribution in [2.45, 2.75) is 32.7 Å². The molecule has 1 atom stereocenters. The van der Waals surface area contributed by atoms with Crippen LogP contribution in [0.4, 0.5) is 0 Å². The van der Waals surface area contributed by atoms with Crippen LogP contribution in [0.15, 0.2) is 53.1 Å². The Morgan fingerprint density at radius 3 is 2.71 bits per heavy atom. The lowest BCUT2D eigenvalue weighted by Gasteiger charge is -2.16. The summed E-state index contributed by atoms with van der Waals surface area (Å²) in [5.41, 5.74) is 3.08. The minimum Gasteiger partial charge on any atom is -0.494 e. The maximum Gasteiger partial charge on any atom is 0.258 e. The van der Waals surface area contributed by atoms with Gasteiger partial charge in [-0.25, -0.2) is 0 Å². The van der Waals surface area contributed by atoms with E-state index in [2.05, 4.69) is 10.1 Å². The van der Waals surface area contributed by atoms with Crippen LogP contribution in [0.5, 0.6) is 5.75 Å². The summed E-state index contributed by atoms with van der Waals surface area (Å²) in [5, 5.41) is 4.14. The number of benzene rings is 2. The third-order valence-electron chi connectivity index (χ3n) is 5.00. The maximum atomic E-state index is 12.5. The predicted octanol–water partition coefficient (Wildman–Crippen LogP) is 3.96. The lowest BCUT2D eigenvalue weighted by atomic mass is 10.1. The van der Waals surface area contributed by atoms with E-state index in [0.717, 1.165) is 22.4 Å². The zero-order valence-electron chi connectivity index (χ0n) is 16.1. The van der Waals surface area contributed by atoms with Crippen LogP contribution in [0.25, 0.3) is 11.5 Å². The second kappa shape index (κ2) is 7.84.